The first kappa shape index (κ1) is 14.6. The van der Waals surface area contributed by atoms with Crippen molar-refractivity contribution < 1.29 is 9.47 Å². The Morgan fingerprint density at radius 3 is 2.76 bits per heavy atom. The summed E-state index contributed by atoms with van der Waals surface area (Å²) < 4.78 is 10.3. The number of rotatable bonds is 9. The predicted octanol–water partition coefficient (Wildman–Crippen LogP) is 2.28. The van der Waals surface area contributed by atoms with E-state index in [0.717, 1.165) is 19.7 Å². The standard InChI is InChI=1S/C13H23NO2S/c1-13(2,12-5-4-10-17-12)11-14-6-7-16-9-8-15-3/h4-5,10,14H,6-9,11H2,1-3H3. The van der Waals surface area contributed by atoms with E-state index in [9.17, 15) is 0 Å². The zero-order chi connectivity index (χ0) is 12.6. The SMILES string of the molecule is COCCOCCNCC(C)(C)c1cccs1. The van der Waals surface area contributed by atoms with Gasteiger partial charge in [-0.25, -0.2) is 0 Å². The molecule has 0 aliphatic heterocycles. The first-order valence-electron chi connectivity index (χ1n) is 5.98. The van der Waals surface area contributed by atoms with Crippen LogP contribution in [0, 0.1) is 0 Å². The number of hydrogen-bond acceptors (Lipinski definition) is 4. The fourth-order valence-corrected chi connectivity index (χ4v) is 2.39. The zero-order valence-electron chi connectivity index (χ0n) is 11.0. The van der Waals surface area contributed by atoms with Crippen molar-refractivity contribution in [2.75, 3.05) is 40.0 Å². The lowest BCUT2D eigenvalue weighted by molar-refractivity contribution is 0.0716. The van der Waals surface area contributed by atoms with E-state index in [1.807, 2.05) is 11.3 Å². The minimum Gasteiger partial charge on any atom is -0.382 e. The third-order valence-corrected chi connectivity index (χ3v) is 3.85. The Labute approximate surface area is 108 Å². The van der Waals surface area contributed by atoms with Crippen molar-refractivity contribution in [3.63, 3.8) is 0 Å². The van der Waals surface area contributed by atoms with Gasteiger partial charge in [0.2, 0.25) is 0 Å². The van der Waals surface area contributed by atoms with E-state index in [0.29, 0.717) is 13.2 Å². The second-order valence-electron chi connectivity index (χ2n) is 4.64. The van der Waals surface area contributed by atoms with E-state index in [2.05, 4.69) is 36.7 Å². The van der Waals surface area contributed by atoms with Gasteiger partial charge in [0.15, 0.2) is 0 Å². The number of ether oxygens (including phenoxy) is 2. The van der Waals surface area contributed by atoms with Gasteiger partial charge in [-0.2, -0.15) is 0 Å². The van der Waals surface area contributed by atoms with E-state index in [1.165, 1.54) is 4.88 Å². The van der Waals surface area contributed by atoms with Crippen LogP contribution < -0.4 is 5.32 Å². The van der Waals surface area contributed by atoms with Gasteiger partial charge in [-0.3, -0.25) is 0 Å². The molecule has 0 saturated heterocycles. The highest BCUT2D eigenvalue weighted by Crippen LogP contribution is 2.26. The molecule has 0 atom stereocenters. The summed E-state index contributed by atoms with van der Waals surface area (Å²) >= 11 is 1.82. The molecule has 0 unspecified atom stereocenters. The van der Waals surface area contributed by atoms with E-state index >= 15 is 0 Å². The maximum atomic E-state index is 5.39. The minimum absolute atomic E-state index is 0.195. The topological polar surface area (TPSA) is 30.5 Å². The van der Waals surface area contributed by atoms with E-state index in [-0.39, 0.29) is 5.41 Å². The van der Waals surface area contributed by atoms with Crippen molar-refractivity contribution in [2.45, 2.75) is 19.3 Å². The molecule has 0 amide bonds. The quantitative estimate of drug-likeness (QED) is 0.689. The summed E-state index contributed by atoms with van der Waals surface area (Å²) in [7, 11) is 1.69. The molecule has 17 heavy (non-hydrogen) atoms. The van der Waals surface area contributed by atoms with Gasteiger partial charge < -0.3 is 14.8 Å². The van der Waals surface area contributed by atoms with Gasteiger partial charge in [-0.1, -0.05) is 19.9 Å². The van der Waals surface area contributed by atoms with Gasteiger partial charge in [-0.15, -0.1) is 11.3 Å². The molecule has 98 valence electrons. The lowest BCUT2D eigenvalue weighted by Crippen LogP contribution is -2.34. The Hall–Kier alpha value is -0.420. The van der Waals surface area contributed by atoms with Crippen LogP contribution in [0.15, 0.2) is 17.5 Å². The summed E-state index contributed by atoms with van der Waals surface area (Å²) in [6.07, 6.45) is 0. The Balaban J connectivity index is 2.10. The fraction of sp³-hybridized carbons (Fsp3) is 0.692. The third kappa shape index (κ3) is 5.64. The van der Waals surface area contributed by atoms with Crippen LogP contribution in [-0.4, -0.2) is 40.0 Å². The molecule has 0 fully saturated rings. The van der Waals surface area contributed by atoms with Crippen LogP contribution >= 0.6 is 11.3 Å². The average molecular weight is 257 g/mol. The van der Waals surface area contributed by atoms with Crippen LogP contribution in [0.2, 0.25) is 0 Å². The molecule has 1 aromatic heterocycles. The van der Waals surface area contributed by atoms with Crippen molar-refractivity contribution >= 4 is 11.3 Å². The second kappa shape index (κ2) is 7.82. The molecule has 0 saturated carbocycles. The van der Waals surface area contributed by atoms with Crippen LogP contribution in [0.1, 0.15) is 18.7 Å². The predicted molar refractivity (Wildman–Crippen MR) is 72.9 cm³/mol. The van der Waals surface area contributed by atoms with Crippen LogP contribution in [0.3, 0.4) is 0 Å². The first-order chi connectivity index (χ1) is 8.17. The van der Waals surface area contributed by atoms with Gasteiger partial charge in [0.1, 0.15) is 0 Å². The van der Waals surface area contributed by atoms with Gasteiger partial charge in [0.05, 0.1) is 19.8 Å². The molecule has 0 aliphatic rings. The highest BCUT2D eigenvalue weighted by atomic mass is 32.1. The Bertz CT molecular complexity index is 286. The molecule has 3 nitrogen and oxygen atoms in total. The van der Waals surface area contributed by atoms with Crippen LogP contribution in [0.5, 0.6) is 0 Å². The Morgan fingerprint density at radius 1 is 1.29 bits per heavy atom. The Kier molecular flexibility index (Phi) is 6.73. The lowest BCUT2D eigenvalue weighted by Gasteiger charge is -2.23. The lowest BCUT2D eigenvalue weighted by atomic mass is 9.91. The molecule has 1 N–H and O–H groups in total. The summed E-state index contributed by atoms with van der Waals surface area (Å²) in [4.78, 5) is 1.42. The maximum Gasteiger partial charge on any atom is 0.0700 e. The van der Waals surface area contributed by atoms with Gasteiger partial charge in [0.25, 0.3) is 0 Å². The molecule has 0 aromatic carbocycles. The van der Waals surface area contributed by atoms with Crippen molar-refractivity contribution in [3.05, 3.63) is 22.4 Å². The van der Waals surface area contributed by atoms with Crippen molar-refractivity contribution in [2.24, 2.45) is 0 Å². The largest absolute Gasteiger partial charge is 0.382 e. The number of nitrogens with one attached hydrogen (secondary N) is 1. The maximum absolute atomic E-state index is 5.39. The molecule has 0 bridgehead atoms. The molecule has 1 aromatic rings. The highest BCUT2D eigenvalue weighted by Gasteiger charge is 2.20. The van der Waals surface area contributed by atoms with Gasteiger partial charge >= 0.3 is 0 Å². The van der Waals surface area contributed by atoms with E-state index in [4.69, 9.17) is 9.47 Å². The zero-order valence-corrected chi connectivity index (χ0v) is 11.8. The highest BCUT2D eigenvalue weighted by molar-refractivity contribution is 7.10. The summed E-state index contributed by atoms with van der Waals surface area (Å²) in [6, 6.07) is 4.30. The van der Waals surface area contributed by atoms with Crippen molar-refractivity contribution in [3.8, 4) is 0 Å². The normalized spacial score (nSPS) is 11.9. The number of methoxy groups -OCH3 is 1. The second-order valence-corrected chi connectivity index (χ2v) is 5.59. The summed E-state index contributed by atoms with van der Waals surface area (Å²) in [5.74, 6) is 0. The van der Waals surface area contributed by atoms with E-state index < -0.39 is 0 Å². The number of hydrogen-bond donors (Lipinski definition) is 1. The summed E-state index contributed by atoms with van der Waals surface area (Å²) in [5.41, 5.74) is 0.195. The molecule has 0 aliphatic carbocycles. The van der Waals surface area contributed by atoms with Gasteiger partial charge in [-0.05, 0) is 11.4 Å². The first-order valence-corrected chi connectivity index (χ1v) is 6.86. The molecule has 0 radical (unpaired) electrons. The average Bonchev–Trinajstić information content (AvgIpc) is 2.82. The smallest absolute Gasteiger partial charge is 0.0700 e. The summed E-state index contributed by atoms with van der Waals surface area (Å²) in [6.45, 7) is 8.46. The molecular weight excluding hydrogens is 234 g/mol. The molecule has 0 spiro atoms. The molecule has 1 rings (SSSR count). The molecule has 1 heterocycles. The molecular formula is C13H23NO2S. The van der Waals surface area contributed by atoms with Crippen LogP contribution in [0.4, 0.5) is 0 Å². The van der Waals surface area contributed by atoms with E-state index in [1.54, 1.807) is 7.11 Å². The van der Waals surface area contributed by atoms with Crippen LogP contribution in [0.25, 0.3) is 0 Å². The Morgan fingerprint density at radius 2 is 2.12 bits per heavy atom. The fourth-order valence-electron chi connectivity index (χ4n) is 1.54. The monoisotopic (exact) mass is 257 g/mol. The number of thiophene rings is 1. The van der Waals surface area contributed by atoms with Crippen molar-refractivity contribution in [1.82, 2.24) is 5.32 Å². The minimum atomic E-state index is 0.195. The summed E-state index contributed by atoms with van der Waals surface area (Å²) in [5, 5.41) is 5.56. The third-order valence-electron chi connectivity index (χ3n) is 2.61. The van der Waals surface area contributed by atoms with Gasteiger partial charge in [0, 0.05) is 30.5 Å². The van der Waals surface area contributed by atoms with Crippen LogP contribution in [-0.2, 0) is 14.9 Å². The molecule has 4 heteroatoms. The van der Waals surface area contributed by atoms with Crippen molar-refractivity contribution in [1.29, 1.82) is 0 Å².